The highest BCUT2D eigenvalue weighted by molar-refractivity contribution is 6.10. The molecule has 4 amide bonds. The van der Waals surface area contributed by atoms with Gasteiger partial charge in [0, 0.05) is 6.07 Å². The predicted molar refractivity (Wildman–Crippen MR) is 118 cm³/mol. The zero-order chi connectivity index (χ0) is 22.5. The van der Waals surface area contributed by atoms with Crippen molar-refractivity contribution in [2.75, 3.05) is 11.9 Å². The first-order chi connectivity index (χ1) is 15.4. The molecule has 5 rings (SSSR count). The van der Waals surface area contributed by atoms with Crippen molar-refractivity contribution in [3.05, 3.63) is 77.0 Å². The van der Waals surface area contributed by atoms with Crippen LogP contribution in [0.1, 0.15) is 28.8 Å². The van der Waals surface area contributed by atoms with Gasteiger partial charge in [0.15, 0.2) is 0 Å². The van der Waals surface area contributed by atoms with Gasteiger partial charge in [-0.25, -0.2) is 9.48 Å². The van der Waals surface area contributed by atoms with Crippen LogP contribution in [0.15, 0.2) is 54.6 Å². The first-order valence-electron chi connectivity index (χ1n) is 10.5. The third-order valence-corrected chi connectivity index (χ3v) is 6.10. The third kappa shape index (κ3) is 3.15. The standard InChI is InChI=1S/C24H23N5O3/c1-15-7-9-18(10-8-15)29-20(13-16(2)27-29)25-21(30)14-28-22(31)24(26-23(28)32)12-11-17-5-3-4-6-19(17)24/h3-10,13H,11-12,14H2,1-2H3,(H,25,30)(H,26,32). The van der Waals surface area contributed by atoms with Crippen LogP contribution in [0.4, 0.5) is 10.6 Å². The quantitative estimate of drug-likeness (QED) is 0.624. The molecule has 8 heteroatoms. The first-order valence-corrected chi connectivity index (χ1v) is 10.5. The molecule has 2 aromatic carbocycles. The largest absolute Gasteiger partial charge is 0.325 e. The van der Waals surface area contributed by atoms with Gasteiger partial charge >= 0.3 is 6.03 Å². The SMILES string of the molecule is Cc1ccc(-n2nc(C)cc2NC(=O)CN2C(=O)NC3(CCc4ccccc43)C2=O)cc1. The Hall–Kier alpha value is -3.94. The number of hydrogen-bond donors (Lipinski definition) is 2. The van der Waals surface area contributed by atoms with Crippen LogP contribution in [-0.2, 0) is 21.5 Å². The van der Waals surface area contributed by atoms with Gasteiger partial charge in [0.05, 0.1) is 11.4 Å². The first kappa shape index (κ1) is 20.0. The van der Waals surface area contributed by atoms with Crippen molar-refractivity contribution in [2.24, 2.45) is 0 Å². The Labute approximate surface area is 185 Å². The van der Waals surface area contributed by atoms with Crippen LogP contribution in [0.3, 0.4) is 0 Å². The van der Waals surface area contributed by atoms with Crippen LogP contribution < -0.4 is 10.6 Å². The molecule has 2 heterocycles. The normalized spacial score (nSPS) is 19.4. The summed E-state index contributed by atoms with van der Waals surface area (Å²) in [6, 6.07) is 16.6. The average molecular weight is 429 g/mol. The highest BCUT2D eigenvalue weighted by Crippen LogP contribution is 2.41. The van der Waals surface area contributed by atoms with Gasteiger partial charge in [-0.3, -0.25) is 14.5 Å². The maximum absolute atomic E-state index is 13.3. The van der Waals surface area contributed by atoms with E-state index in [1.807, 2.05) is 62.4 Å². The van der Waals surface area contributed by atoms with Gasteiger partial charge in [0.1, 0.15) is 17.9 Å². The summed E-state index contributed by atoms with van der Waals surface area (Å²) in [6.45, 7) is 3.46. The highest BCUT2D eigenvalue weighted by atomic mass is 16.2. The molecule has 32 heavy (non-hydrogen) atoms. The summed E-state index contributed by atoms with van der Waals surface area (Å²) in [5, 5.41) is 10.1. The fraction of sp³-hybridized carbons (Fsp3) is 0.250. The summed E-state index contributed by atoms with van der Waals surface area (Å²) in [4.78, 5) is 39.8. The highest BCUT2D eigenvalue weighted by Gasteiger charge is 2.55. The summed E-state index contributed by atoms with van der Waals surface area (Å²) >= 11 is 0. The van der Waals surface area contributed by atoms with E-state index in [-0.39, 0.29) is 12.5 Å². The molecule has 3 aromatic rings. The van der Waals surface area contributed by atoms with Crippen LogP contribution in [0.5, 0.6) is 0 Å². The second-order valence-electron chi connectivity index (χ2n) is 8.35. The number of benzene rings is 2. The van der Waals surface area contributed by atoms with Crippen molar-refractivity contribution in [3.63, 3.8) is 0 Å². The molecule has 1 saturated heterocycles. The monoisotopic (exact) mass is 429 g/mol. The van der Waals surface area contributed by atoms with Crippen molar-refractivity contribution in [2.45, 2.75) is 32.2 Å². The molecule has 0 radical (unpaired) electrons. The summed E-state index contributed by atoms with van der Waals surface area (Å²) in [5.74, 6) is -0.375. The molecular weight excluding hydrogens is 406 g/mol. The molecule has 1 unspecified atom stereocenters. The number of nitrogens with one attached hydrogen (secondary N) is 2. The van der Waals surface area contributed by atoms with E-state index in [9.17, 15) is 14.4 Å². The van der Waals surface area contributed by atoms with Crippen molar-refractivity contribution in [1.82, 2.24) is 20.0 Å². The minimum Gasteiger partial charge on any atom is -0.319 e. The predicted octanol–water partition coefficient (Wildman–Crippen LogP) is 2.82. The van der Waals surface area contributed by atoms with Crippen molar-refractivity contribution in [3.8, 4) is 5.69 Å². The van der Waals surface area contributed by atoms with Gasteiger partial charge < -0.3 is 10.6 Å². The number of carbonyl (C=O) groups is 3. The van der Waals surface area contributed by atoms with Gasteiger partial charge in [-0.05, 0) is 49.9 Å². The van der Waals surface area contributed by atoms with Crippen LogP contribution in [0.2, 0.25) is 0 Å². The van der Waals surface area contributed by atoms with Crippen LogP contribution in [-0.4, -0.2) is 39.1 Å². The number of anilines is 1. The Bertz CT molecular complexity index is 1250. The molecular formula is C24H23N5O3. The molecule has 1 aliphatic heterocycles. The Morgan fingerprint density at radius 3 is 2.66 bits per heavy atom. The molecule has 8 nitrogen and oxygen atoms in total. The molecule has 1 spiro atoms. The number of urea groups is 1. The number of rotatable bonds is 4. The maximum Gasteiger partial charge on any atom is 0.325 e. The lowest BCUT2D eigenvalue weighted by Crippen LogP contribution is -2.43. The van der Waals surface area contributed by atoms with E-state index in [0.29, 0.717) is 18.7 Å². The number of carbonyl (C=O) groups excluding carboxylic acids is 3. The average Bonchev–Trinajstić information content (AvgIpc) is 3.40. The Kier molecular flexibility index (Phi) is 4.58. The van der Waals surface area contributed by atoms with E-state index < -0.39 is 17.5 Å². The Balaban J connectivity index is 1.35. The van der Waals surface area contributed by atoms with E-state index in [1.54, 1.807) is 10.7 Å². The molecule has 2 aliphatic rings. The molecule has 1 fully saturated rings. The summed E-state index contributed by atoms with van der Waals surface area (Å²) in [6.07, 6.45) is 1.20. The number of nitrogens with zero attached hydrogens (tertiary/aromatic N) is 3. The molecule has 162 valence electrons. The second kappa shape index (κ2) is 7.33. The second-order valence-corrected chi connectivity index (χ2v) is 8.35. The number of fused-ring (bicyclic) bond motifs is 2. The van der Waals surface area contributed by atoms with Gasteiger partial charge in [0.2, 0.25) is 5.91 Å². The minimum atomic E-state index is -1.08. The number of amides is 4. The molecule has 2 N–H and O–H groups in total. The fourth-order valence-electron chi connectivity index (χ4n) is 4.53. The van der Waals surface area contributed by atoms with Crippen molar-refractivity contribution in [1.29, 1.82) is 0 Å². The van der Waals surface area contributed by atoms with Crippen LogP contribution in [0, 0.1) is 13.8 Å². The fourth-order valence-corrected chi connectivity index (χ4v) is 4.53. The number of hydrogen-bond acceptors (Lipinski definition) is 4. The zero-order valence-corrected chi connectivity index (χ0v) is 17.9. The molecule has 1 aromatic heterocycles. The van der Waals surface area contributed by atoms with E-state index in [4.69, 9.17) is 0 Å². The van der Waals surface area contributed by atoms with Gasteiger partial charge in [-0.15, -0.1) is 0 Å². The molecule has 0 saturated carbocycles. The van der Waals surface area contributed by atoms with Gasteiger partial charge in [0.25, 0.3) is 5.91 Å². The minimum absolute atomic E-state index is 0.368. The van der Waals surface area contributed by atoms with E-state index in [1.165, 1.54) is 0 Å². The smallest absolute Gasteiger partial charge is 0.319 e. The van der Waals surface area contributed by atoms with Crippen LogP contribution in [0.25, 0.3) is 5.69 Å². The zero-order valence-electron chi connectivity index (χ0n) is 17.9. The molecule has 1 aliphatic carbocycles. The summed E-state index contributed by atoms with van der Waals surface area (Å²) in [5.41, 5.74) is 3.44. The van der Waals surface area contributed by atoms with Crippen molar-refractivity contribution >= 4 is 23.7 Å². The Morgan fingerprint density at radius 1 is 1.12 bits per heavy atom. The van der Waals surface area contributed by atoms with E-state index >= 15 is 0 Å². The molecule has 1 atom stereocenters. The topological polar surface area (TPSA) is 96.3 Å². The van der Waals surface area contributed by atoms with Gasteiger partial charge in [-0.2, -0.15) is 5.10 Å². The lowest BCUT2D eigenvalue weighted by Gasteiger charge is -2.22. The van der Waals surface area contributed by atoms with Crippen molar-refractivity contribution < 1.29 is 14.4 Å². The van der Waals surface area contributed by atoms with E-state index in [0.717, 1.165) is 33.0 Å². The van der Waals surface area contributed by atoms with Gasteiger partial charge in [-0.1, -0.05) is 42.0 Å². The van der Waals surface area contributed by atoms with Crippen LogP contribution >= 0.6 is 0 Å². The maximum atomic E-state index is 13.3. The van der Waals surface area contributed by atoms with E-state index in [2.05, 4.69) is 15.7 Å². The summed E-state index contributed by atoms with van der Waals surface area (Å²) < 4.78 is 1.63. The lowest BCUT2D eigenvalue weighted by molar-refractivity contribution is -0.134. The molecule has 0 bridgehead atoms. The lowest BCUT2D eigenvalue weighted by atomic mass is 9.92. The third-order valence-electron chi connectivity index (χ3n) is 6.10. The number of imide groups is 1. The summed E-state index contributed by atoms with van der Waals surface area (Å²) in [7, 11) is 0. The number of aryl methyl sites for hydroxylation is 3. The Morgan fingerprint density at radius 2 is 1.88 bits per heavy atom. The number of aromatic nitrogens is 2.